The van der Waals surface area contributed by atoms with Gasteiger partial charge in [0.25, 0.3) is 11.6 Å². The Balaban J connectivity index is 2.07. The van der Waals surface area contributed by atoms with Crippen molar-refractivity contribution in [3.63, 3.8) is 0 Å². The number of nitro groups is 2. The number of carbonyl (C=O) groups is 1. The fourth-order valence-corrected chi connectivity index (χ4v) is 2.66. The monoisotopic (exact) mass is 290 g/mol. The molecule has 0 N–H and O–H groups in total. The highest BCUT2D eigenvalue weighted by molar-refractivity contribution is 6.17. The average Bonchev–Trinajstić information content (AvgIpc) is 3.01. The average molecular weight is 290 g/mol. The first-order valence-electron chi connectivity index (χ1n) is 6.33. The molecule has 0 spiro atoms. The highest BCUT2D eigenvalue weighted by Crippen LogP contribution is 2.38. The molecule has 9 nitrogen and oxygen atoms in total. The van der Waals surface area contributed by atoms with Crippen LogP contribution in [0.25, 0.3) is 0 Å². The standard InChI is InChI=1S/C12H10N4O5/c17-12-8-2-1-3-9(8)13-14(12)10-5-4-7(15(18)19)6-11(10)16(20)21/h4-6,8H,1-3H2. The van der Waals surface area contributed by atoms with Crippen LogP contribution in [0.2, 0.25) is 0 Å². The number of nitrogens with zero attached hydrogens (tertiary/aromatic N) is 4. The Labute approximate surface area is 118 Å². The van der Waals surface area contributed by atoms with Crippen LogP contribution < -0.4 is 5.01 Å². The number of hydrazone groups is 1. The number of hydrogen-bond donors (Lipinski definition) is 0. The molecule has 1 fully saturated rings. The topological polar surface area (TPSA) is 119 Å². The van der Waals surface area contributed by atoms with E-state index in [1.807, 2.05) is 0 Å². The largest absolute Gasteiger partial charge is 0.301 e. The van der Waals surface area contributed by atoms with Crippen molar-refractivity contribution < 1.29 is 14.6 Å². The van der Waals surface area contributed by atoms with E-state index >= 15 is 0 Å². The number of rotatable bonds is 3. The van der Waals surface area contributed by atoms with Crippen LogP contribution in [0.3, 0.4) is 0 Å². The van der Waals surface area contributed by atoms with Gasteiger partial charge in [-0.1, -0.05) is 0 Å². The van der Waals surface area contributed by atoms with Gasteiger partial charge in [-0.2, -0.15) is 10.1 Å². The minimum absolute atomic E-state index is 0.0301. The summed E-state index contributed by atoms with van der Waals surface area (Å²) < 4.78 is 0. The fraction of sp³-hybridized carbons (Fsp3) is 0.333. The molecular weight excluding hydrogens is 280 g/mol. The smallest absolute Gasteiger partial charge is 0.272 e. The SMILES string of the molecule is O=C1C2CCCC2=NN1c1ccc([N+](=O)[O-])cc1[N+](=O)[O-]. The quantitative estimate of drug-likeness (QED) is 0.623. The van der Waals surface area contributed by atoms with Crippen molar-refractivity contribution in [1.82, 2.24) is 0 Å². The van der Waals surface area contributed by atoms with Gasteiger partial charge in [-0.3, -0.25) is 25.0 Å². The predicted octanol–water partition coefficient (Wildman–Crippen LogP) is 2.01. The Morgan fingerprint density at radius 3 is 2.62 bits per heavy atom. The van der Waals surface area contributed by atoms with E-state index < -0.39 is 21.2 Å². The van der Waals surface area contributed by atoms with Crippen LogP contribution in [-0.4, -0.2) is 21.5 Å². The summed E-state index contributed by atoms with van der Waals surface area (Å²) >= 11 is 0. The molecule has 1 aromatic rings. The van der Waals surface area contributed by atoms with Crippen LogP contribution in [0.15, 0.2) is 23.3 Å². The van der Waals surface area contributed by atoms with Gasteiger partial charge < -0.3 is 0 Å². The lowest BCUT2D eigenvalue weighted by Gasteiger charge is -2.13. The maximum absolute atomic E-state index is 12.2. The first-order valence-corrected chi connectivity index (χ1v) is 6.33. The zero-order valence-corrected chi connectivity index (χ0v) is 10.8. The molecule has 1 aliphatic heterocycles. The van der Waals surface area contributed by atoms with Crippen molar-refractivity contribution in [2.75, 3.05) is 5.01 Å². The Bertz CT molecular complexity index is 699. The molecule has 1 atom stereocenters. The summed E-state index contributed by atoms with van der Waals surface area (Å²) in [6, 6.07) is 3.17. The number of anilines is 1. The van der Waals surface area contributed by atoms with Crippen LogP contribution in [0, 0.1) is 26.1 Å². The van der Waals surface area contributed by atoms with Crippen molar-refractivity contribution >= 4 is 28.7 Å². The van der Waals surface area contributed by atoms with Crippen LogP contribution >= 0.6 is 0 Å². The normalized spacial score (nSPS) is 20.4. The molecule has 21 heavy (non-hydrogen) atoms. The Hall–Kier alpha value is -2.84. The number of nitro benzene ring substituents is 2. The summed E-state index contributed by atoms with van der Waals surface area (Å²) in [4.78, 5) is 32.6. The minimum Gasteiger partial charge on any atom is -0.272 e. The third kappa shape index (κ3) is 2.02. The third-order valence-corrected chi connectivity index (χ3v) is 3.66. The number of hydrogen-bond acceptors (Lipinski definition) is 6. The van der Waals surface area contributed by atoms with Crippen molar-refractivity contribution in [3.05, 3.63) is 38.4 Å². The number of benzene rings is 1. The summed E-state index contributed by atoms with van der Waals surface area (Å²) in [7, 11) is 0. The highest BCUT2D eigenvalue weighted by Gasteiger charge is 2.41. The number of non-ortho nitro benzene ring substituents is 1. The van der Waals surface area contributed by atoms with Gasteiger partial charge in [0.1, 0.15) is 5.69 Å². The number of carbonyl (C=O) groups excluding carboxylic acids is 1. The zero-order valence-electron chi connectivity index (χ0n) is 10.8. The molecule has 0 bridgehead atoms. The van der Waals surface area contributed by atoms with Gasteiger partial charge in [-0.25, -0.2) is 0 Å². The summed E-state index contributed by atoms with van der Waals surface area (Å²) in [5.41, 5.74) is -0.197. The molecule has 1 aliphatic carbocycles. The van der Waals surface area contributed by atoms with E-state index in [2.05, 4.69) is 5.10 Å². The van der Waals surface area contributed by atoms with Gasteiger partial charge in [0, 0.05) is 6.07 Å². The molecular formula is C12H10N4O5. The van der Waals surface area contributed by atoms with Gasteiger partial charge in [0.05, 0.1) is 27.5 Å². The third-order valence-electron chi connectivity index (χ3n) is 3.66. The predicted molar refractivity (Wildman–Crippen MR) is 72.0 cm³/mol. The molecule has 1 amide bonds. The van der Waals surface area contributed by atoms with Gasteiger partial charge in [0.15, 0.2) is 0 Å². The first-order chi connectivity index (χ1) is 9.99. The Morgan fingerprint density at radius 2 is 2.00 bits per heavy atom. The van der Waals surface area contributed by atoms with Gasteiger partial charge in [-0.15, -0.1) is 0 Å². The first kappa shape index (κ1) is 13.2. The summed E-state index contributed by atoms with van der Waals surface area (Å²) in [5, 5.41) is 27.0. The van der Waals surface area contributed by atoms with E-state index in [1.54, 1.807) is 0 Å². The zero-order chi connectivity index (χ0) is 15.1. The van der Waals surface area contributed by atoms with Crippen molar-refractivity contribution in [1.29, 1.82) is 0 Å². The molecule has 0 radical (unpaired) electrons. The molecule has 1 heterocycles. The second-order valence-corrected chi connectivity index (χ2v) is 4.87. The molecule has 1 unspecified atom stereocenters. The summed E-state index contributed by atoms with van der Waals surface area (Å²) in [6.07, 6.45) is 2.27. The molecule has 2 aliphatic rings. The molecule has 9 heteroatoms. The van der Waals surface area contributed by atoms with E-state index in [9.17, 15) is 25.0 Å². The van der Waals surface area contributed by atoms with E-state index in [-0.39, 0.29) is 17.5 Å². The maximum Gasteiger partial charge on any atom is 0.301 e. The molecule has 108 valence electrons. The fourth-order valence-electron chi connectivity index (χ4n) is 2.66. The summed E-state index contributed by atoms with van der Waals surface area (Å²) in [6.45, 7) is 0. The van der Waals surface area contributed by atoms with Crippen LogP contribution in [0.4, 0.5) is 17.1 Å². The molecule has 1 aromatic carbocycles. The second kappa shape index (κ2) is 4.62. The van der Waals surface area contributed by atoms with Crippen LogP contribution in [-0.2, 0) is 4.79 Å². The van der Waals surface area contributed by atoms with Crippen LogP contribution in [0.5, 0.6) is 0 Å². The van der Waals surface area contributed by atoms with Gasteiger partial charge >= 0.3 is 5.69 Å². The lowest BCUT2D eigenvalue weighted by molar-refractivity contribution is -0.393. The van der Waals surface area contributed by atoms with Gasteiger partial charge in [0.2, 0.25) is 0 Å². The molecule has 0 saturated heterocycles. The van der Waals surface area contributed by atoms with Gasteiger partial charge in [-0.05, 0) is 25.3 Å². The lowest BCUT2D eigenvalue weighted by atomic mass is 10.1. The van der Waals surface area contributed by atoms with E-state index in [4.69, 9.17) is 0 Å². The minimum atomic E-state index is -0.746. The molecule has 0 aromatic heterocycles. The highest BCUT2D eigenvalue weighted by atomic mass is 16.6. The van der Waals surface area contributed by atoms with E-state index in [0.717, 1.165) is 29.3 Å². The molecule has 1 saturated carbocycles. The van der Waals surface area contributed by atoms with Crippen LogP contribution in [0.1, 0.15) is 19.3 Å². The number of amides is 1. The van der Waals surface area contributed by atoms with E-state index in [1.165, 1.54) is 6.07 Å². The summed E-state index contributed by atoms with van der Waals surface area (Å²) in [5.74, 6) is -0.612. The van der Waals surface area contributed by atoms with Crippen molar-refractivity contribution in [2.24, 2.45) is 11.0 Å². The Kier molecular flexibility index (Phi) is 2.89. The Morgan fingerprint density at radius 1 is 1.24 bits per heavy atom. The lowest BCUT2D eigenvalue weighted by Crippen LogP contribution is -2.26. The second-order valence-electron chi connectivity index (χ2n) is 4.87. The van der Waals surface area contributed by atoms with E-state index in [0.29, 0.717) is 12.8 Å². The maximum atomic E-state index is 12.2. The van der Waals surface area contributed by atoms with Crippen molar-refractivity contribution in [2.45, 2.75) is 19.3 Å². The van der Waals surface area contributed by atoms with Crippen molar-refractivity contribution in [3.8, 4) is 0 Å². The number of fused-ring (bicyclic) bond motifs is 1. The molecule has 3 rings (SSSR count).